The number of hydrogen-bond donors (Lipinski definition) is 0. The molecule has 2 aliphatic heterocycles. The van der Waals surface area contributed by atoms with Crippen molar-refractivity contribution in [1.82, 2.24) is 14.9 Å². The van der Waals surface area contributed by atoms with E-state index in [2.05, 4.69) is 21.7 Å². The maximum atomic E-state index is 12.2. The third-order valence-corrected chi connectivity index (χ3v) is 7.89. The van der Waals surface area contributed by atoms with Crippen molar-refractivity contribution in [3.63, 3.8) is 0 Å². The van der Waals surface area contributed by atoms with Crippen LogP contribution in [0.4, 0.5) is 5.69 Å². The first-order valence-electron chi connectivity index (χ1n) is 11.4. The van der Waals surface area contributed by atoms with Gasteiger partial charge in [-0.2, -0.15) is 4.98 Å². The minimum atomic E-state index is 0.159. The number of aromatic nitrogens is 2. The van der Waals surface area contributed by atoms with Crippen LogP contribution in [0.5, 0.6) is 11.6 Å². The largest absolute Gasteiger partial charge is 0.438 e. The molecule has 0 saturated carbocycles. The predicted molar refractivity (Wildman–Crippen MR) is 135 cm³/mol. The fourth-order valence-corrected chi connectivity index (χ4v) is 6.19. The quantitative estimate of drug-likeness (QED) is 0.370. The standard InChI is InChI=1S/C25H24N4O3S2/c30-22-7-2-8-29(22)17-4-1-5-18(14-17)32-24-23-19(20-6-3-13-33-20)16-34-25(23)27-21(26-24)15-28-9-11-31-12-10-28/h1,3-6,13-14,16H,2,7-12,15H2. The maximum absolute atomic E-state index is 12.2. The average Bonchev–Trinajstić information content (AvgIpc) is 3.61. The summed E-state index contributed by atoms with van der Waals surface area (Å²) in [7, 11) is 0. The Hall–Kier alpha value is -2.85. The van der Waals surface area contributed by atoms with Crippen LogP contribution in [0.15, 0.2) is 47.2 Å². The highest BCUT2D eigenvalue weighted by Gasteiger charge is 2.23. The zero-order chi connectivity index (χ0) is 22.9. The van der Waals surface area contributed by atoms with Crippen LogP contribution in [0, 0.1) is 0 Å². The molecule has 0 atom stereocenters. The Kier molecular flexibility index (Phi) is 6.00. The average molecular weight is 493 g/mol. The number of amides is 1. The zero-order valence-electron chi connectivity index (χ0n) is 18.6. The van der Waals surface area contributed by atoms with Crippen molar-refractivity contribution in [3.8, 4) is 22.1 Å². The second-order valence-corrected chi connectivity index (χ2v) is 10.2. The van der Waals surface area contributed by atoms with Crippen molar-refractivity contribution in [2.24, 2.45) is 0 Å². The zero-order valence-corrected chi connectivity index (χ0v) is 20.2. The molecule has 0 aliphatic carbocycles. The topological polar surface area (TPSA) is 67.8 Å². The second-order valence-electron chi connectivity index (χ2n) is 8.39. The molecule has 0 spiro atoms. The van der Waals surface area contributed by atoms with Crippen LogP contribution < -0.4 is 9.64 Å². The fraction of sp³-hybridized carbons (Fsp3) is 0.320. The van der Waals surface area contributed by atoms with Crippen molar-refractivity contribution in [3.05, 3.63) is 53.0 Å². The first-order valence-corrected chi connectivity index (χ1v) is 13.2. The molecule has 9 heteroatoms. The maximum Gasteiger partial charge on any atom is 0.232 e. The summed E-state index contributed by atoms with van der Waals surface area (Å²) in [6.07, 6.45) is 1.49. The number of hydrogen-bond acceptors (Lipinski definition) is 8. The Bertz CT molecular complexity index is 1320. The van der Waals surface area contributed by atoms with Gasteiger partial charge in [0.1, 0.15) is 16.4 Å². The number of ether oxygens (including phenoxy) is 2. The van der Waals surface area contributed by atoms with Gasteiger partial charge in [-0.05, 0) is 30.0 Å². The fourth-order valence-electron chi connectivity index (χ4n) is 4.42. The lowest BCUT2D eigenvalue weighted by atomic mass is 10.2. The Morgan fingerprint density at radius 3 is 2.76 bits per heavy atom. The van der Waals surface area contributed by atoms with Crippen molar-refractivity contribution < 1.29 is 14.3 Å². The molecule has 1 aromatic carbocycles. The monoisotopic (exact) mass is 492 g/mol. The van der Waals surface area contributed by atoms with Crippen molar-refractivity contribution in [2.45, 2.75) is 19.4 Å². The summed E-state index contributed by atoms with van der Waals surface area (Å²) in [5, 5.41) is 5.14. The van der Waals surface area contributed by atoms with Gasteiger partial charge < -0.3 is 14.4 Å². The van der Waals surface area contributed by atoms with Crippen LogP contribution in [0.3, 0.4) is 0 Å². The van der Waals surface area contributed by atoms with E-state index < -0.39 is 0 Å². The highest BCUT2D eigenvalue weighted by atomic mass is 32.1. The molecule has 174 valence electrons. The van der Waals surface area contributed by atoms with Gasteiger partial charge in [0.2, 0.25) is 11.8 Å². The van der Waals surface area contributed by atoms with Gasteiger partial charge in [0.05, 0.1) is 25.1 Å². The SMILES string of the molecule is O=C1CCCN1c1cccc(Oc2nc(CN3CCOCC3)nc3scc(-c4cccs4)c23)c1. The van der Waals surface area contributed by atoms with Crippen LogP contribution in [0.25, 0.3) is 20.7 Å². The van der Waals surface area contributed by atoms with E-state index in [9.17, 15) is 4.79 Å². The molecule has 5 heterocycles. The molecule has 4 aromatic rings. The highest BCUT2D eigenvalue weighted by Crippen LogP contribution is 2.41. The number of benzene rings is 1. The smallest absolute Gasteiger partial charge is 0.232 e. The van der Waals surface area contributed by atoms with Crippen LogP contribution in [-0.2, 0) is 16.1 Å². The number of thiophene rings is 2. The number of rotatable bonds is 6. The second kappa shape index (κ2) is 9.42. The van der Waals surface area contributed by atoms with Gasteiger partial charge >= 0.3 is 0 Å². The van der Waals surface area contributed by atoms with Gasteiger partial charge in [-0.25, -0.2) is 4.98 Å². The Balaban J connectivity index is 1.39. The summed E-state index contributed by atoms with van der Waals surface area (Å²) < 4.78 is 11.9. The molecule has 0 radical (unpaired) electrons. The summed E-state index contributed by atoms with van der Waals surface area (Å²) in [5.41, 5.74) is 1.96. The van der Waals surface area contributed by atoms with Gasteiger partial charge in [0.15, 0.2) is 0 Å². The first kappa shape index (κ1) is 21.7. The summed E-state index contributed by atoms with van der Waals surface area (Å²) >= 11 is 3.31. The van der Waals surface area contributed by atoms with Gasteiger partial charge in [-0.1, -0.05) is 12.1 Å². The lowest BCUT2D eigenvalue weighted by Crippen LogP contribution is -2.36. The van der Waals surface area contributed by atoms with E-state index in [1.165, 1.54) is 0 Å². The molecular weight excluding hydrogens is 468 g/mol. The van der Waals surface area contributed by atoms with E-state index in [1.807, 2.05) is 35.2 Å². The van der Waals surface area contributed by atoms with Gasteiger partial charge in [0.25, 0.3) is 0 Å². The molecular formula is C25H24N4O3S2. The number of carbonyl (C=O) groups is 1. The van der Waals surface area contributed by atoms with Gasteiger partial charge in [0, 0.05) is 53.6 Å². The lowest BCUT2D eigenvalue weighted by Gasteiger charge is -2.25. The molecule has 2 aliphatic rings. The predicted octanol–water partition coefficient (Wildman–Crippen LogP) is 5.17. The van der Waals surface area contributed by atoms with E-state index in [0.717, 1.165) is 71.4 Å². The molecule has 6 rings (SSSR count). The van der Waals surface area contributed by atoms with E-state index >= 15 is 0 Å². The first-order chi connectivity index (χ1) is 16.7. The van der Waals surface area contributed by atoms with Gasteiger partial charge in [-0.3, -0.25) is 9.69 Å². The van der Waals surface area contributed by atoms with Gasteiger partial charge in [-0.15, -0.1) is 22.7 Å². The third kappa shape index (κ3) is 4.32. The molecule has 34 heavy (non-hydrogen) atoms. The van der Waals surface area contributed by atoms with Crippen LogP contribution in [-0.4, -0.2) is 53.6 Å². The molecule has 2 saturated heterocycles. The molecule has 1 amide bonds. The number of fused-ring (bicyclic) bond motifs is 1. The van der Waals surface area contributed by atoms with E-state index in [-0.39, 0.29) is 5.91 Å². The van der Waals surface area contributed by atoms with Crippen LogP contribution in [0.2, 0.25) is 0 Å². The molecule has 0 unspecified atom stereocenters. The van der Waals surface area contributed by atoms with Crippen molar-refractivity contribution in [2.75, 3.05) is 37.7 Å². The van der Waals surface area contributed by atoms with Crippen LogP contribution >= 0.6 is 22.7 Å². The van der Waals surface area contributed by atoms with E-state index in [0.29, 0.717) is 24.6 Å². The molecule has 0 N–H and O–H groups in total. The number of nitrogens with zero attached hydrogens (tertiary/aromatic N) is 4. The summed E-state index contributed by atoms with van der Waals surface area (Å²) in [6, 6.07) is 11.9. The number of morpholine rings is 1. The number of anilines is 1. The Morgan fingerprint density at radius 2 is 1.97 bits per heavy atom. The summed E-state index contributed by atoms with van der Waals surface area (Å²) in [4.78, 5) is 28.2. The summed E-state index contributed by atoms with van der Waals surface area (Å²) in [5.74, 6) is 2.13. The van der Waals surface area contributed by atoms with Crippen molar-refractivity contribution >= 4 is 44.5 Å². The number of carbonyl (C=O) groups excluding carboxylic acids is 1. The van der Waals surface area contributed by atoms with Crippen LogP contribution in [0.1, 0.15) is 18.7 Å². The Labute approximate surface area is 205 Å². The normalized spacial score (nSPS) is 17.1. The molecule has 2 fully saturated rings. The lowest BCUT2D eigenvalue weighted by molar-refractivity contribution is -0.117. The molecule has 7 nitrogen and oxygen atoms in total. The molecule has 0 bridgehead atoms. The highest BCUT2D eigenvalue weighted by molar-refractivity contribution is 7.18. The summed E-state index contributed by atoms with van der Waals surface area (Å²) in [6.45, 7) is 4.61. The van der Waals surface area contributed by atoms with E-state index in [1.54, 1.807) is 22.7 Å². The van der Waals surface area contributed by atoms with Crippen molar-refractivity contribution in [1.29, 1.82) is 0 Å². The van der Waals surface area contributed by atoms with E-state index in [4.69, 9.17) is 19.4 Å². The third-order valence-electron chi connectivity index (χ3n) is 6.12. The Morgan fingerprint density at radius 1 is 1.06 bits per heavy atom. The minimum absolute atomic E-state index is 0.159. The minimum Gasteiger partial charge on any atom is -0.438 e. The molecule has 3 aromatic heterocycles.